The van der Waals surface area contributed by atoms with Crippen molar-refractivity contribution in [3.05, 3.63) is 0 Å². The highest BCUT2D eigenvalue weighted by molar-refractivity contribution is 5.74. The Kier molecular flexibility index (Phi) is 6.80. The molecule has 0 heterocycles. The topological polar surface area (TPSA) is 77.9 Å². The maximum absolute atomic E-state index is 11.9. The number of carbonyl (C=O) groups is 1. The molecule has 3 N–H and O–H groups in total. The van der Waals surface area contributed by atoms with Crippen LogP contribution in [0.3, 0.4) is 0 Å². The van der Waals surface area contributed by atoms with Crippen molar-refractivity contribution < 1.29 is 4.79 Å². The quantitative estimate of drug-likeness (QED) is 0.517. The highest BCUT2D eigenvalue weighted by atomic mass is 16.2. The van der Waals surface area contributed by atoms with Gasteiger partial charge in [0.1, 0.15) is 5.66 Å². The Hall–Kier alpha value is -1.17. The predicted molar refractivity (Wildman–Crippen MR) is 87.0 cm³/mol. The lowest BCUT2D eigenvalue weighted by Crippen LogP contribution is -2.57. The maximum atomic E-state index is 11.9. The molecule has 6 heteroatoms. The summed E-state index contributed by atoms with van der Waals surface area (Å²) in [6.07, 6.45) is 0.927. The zero-order valence-corrected chi connectivity index (χ0v) is 15.1. The molecule has 0 bridgehead atoms. The summed E-state index contributed by atoms with van der Waals surface area (Å²) in [6, 6.07) is -0.206. The second-order valence-corrected chi connectivity index (χ2v) is 8.19. The number of nitrogens with zero attached hydrogens (tertiary/aromatic N) is 2. The number of nitrogens with one attached hydrogen (secondary N) is 3. The van der Waals surface area contributed by atoms with Crippen molar-refractivity contribution >= 4 is 6.03 Å². The highest BCUT2D eigenvalue weighted by Gasteiger charge is 2.26. The van der Waals surface area contributed by atoms with Gasteiger partial charge in [-0.25, -0.2) is 10.2 Å². The average Bonchev–Trinajstić information content (AvgIpc) is 2.20. The minimum atomic E-state index is -0.732. The molecule has 21 heavy (non-hydrogen) atoms. The SMILES string of the molecule is CC(C)/N=N/C(C)(C)NC(=O)NNC(C)(C)CC(C)(C)C. The molecule has 0 atom stereocenters. The summed E-state index contributed by atoms with van der Waals surface area (Å²) in [6.45, 7) is 18.1. The van der Waals surface area contributed by atoms with E-state index in [0.717, 1.165) is 6.42 Å². The lowest BCUT2D eigenvalue weighted by atomic mass is 9.82. The lowest BCUT2D eigenvalue weighted by molar-refractivity contribution is 0.196. The molecule has 0 saturated carbocycles. The van der Waals surface area contributed by atoms with Crippen LogP contribution < -0.4 is 16.2 Å². The molecule has 0 aliphatic rings. The van der Waals surface area contributed by atoms with Crippen molar-refractivity contribution in [1.82, 2.24) is 16.2 Å². The van der Waals surface area contributed by atoms with Gasteiger partial charge in [0.15, 0.2) is 0 Å². The van der Waals surface area contributed by atoms with Crippen molar-refractivity contribution in [2.75, 3.05) is 0 Å². The Balaban J connectivity index is 4.39. The van der Waals surface area contributed by atoms with Gasteiger partial charge in [-0.3, -0.25) is 5.43 Å². The third kappa shape index (κ3) is 11.2. The Morgan fingerprint density at radius 3 is 2.00 bits per heavy atom. The zero-order valence-electron chi connectivity index (χ0n) is 15.1. The molecule has 0 unspecified atom stereocenters. The summed E-state index contributed by atoms with van der Waals surface area (Å²) in [4.78, 5) is 11.9. The van der Waals surface area contributed by atoms with Gasteiger partial charge in [-0.2, -0.15) is 10.2 Å². The van der Waals surface area contributed by atoms with Gasteiger partial charge in [0.2, 0.25) is 0 Å². The van der Waals surface area contributed by atoms with Crippen molar-refractivity contribution in [1.29, 1.82) is 0 Å². The highest BCUT2D eigenvalue weighted by Crippen LogP contribution is 2.26. The largest absolute Gasteiger partial charge is 0.331 e. The summed E-state index contributed by atoms with van der Waals surface area (Å²) in [5.74, 6) is 0. The number of rotatable bonds is 6. The number of hydrogen-bond acceptors (Lipinski definition) is 4. The minimum absolute atomic E-state index is 0.109. The second kappa shape index (κ2) is 7.20. The minimum Gasteiger partial charge on any atom is -0.311 e. The number of urea groups is 1. The standard InChI is InChI=1S/C15H33N5O/c1-11(2)17-20-15(8,9)16-12(21)18-19-14(6,7)10-13(3,4)5/h11,19H,10H2,1-9H3,(H2,16,18,21)/b20-17+. The van der Waals surface area contributed by atoms with E-state index < -0.39 is 5.66 Å². The summed E-state index contributed by atoms with van der Waals surface area (Å²) in [5, 5.41) is 11.0. The van der Waals surface area contributed by atoms with Gasteiger partial charge in [0, 0.05) is 5.54 Å². The normalized spacial score (nSPS) is 13.8. The third-order valence-corrected chi connectivity index (χ3v) is 2.44. The first-order valence-electron chi connectivity index (χ1n) is 7.50. The first-order chi connectivity index (χ1) is 9.22. The molecule has 2 amide bonds. The molecule has 0 aromatic carbocycles. The molecular weight excluding hydrogens is 266 g/mol. The van der Waals surface area contributed by atoms with Crippen molar-refractivity contribution in [2.24, 2.45) is 15.6 Å². The van der Waals surface area contributed by atoms with Crippen LogP contribution in [0.15, 0.2) is 10.2 Å². The van der Waals surface area contributed by atoms with Crippen molar-refractivity contribution in [2.45, 2.75) is 86.0 Å². The van der Waals surface area contributed by atoms with Gasteiger partial charge in [-0.15, -0.1) is 0 Å². The molecule has 6 nitrogen and oxygen atoms in total. The van der Waals surface area contributed by atoms with Crippen LogP contribution in [0.1, 0.15) is 68.7 Å². The van der Waals surface area contributed by atoms with Gasteiger partial charge >= 0.3 is 6.03 Å². The smallest absolute Gasteiger partial charge is 0.311 e. The Bertz CT molecular complexity index is 367. The van der Waals surface area contributed by atoms with E-state index in [4.69, 9.17) is 0 Å². The Morgan fingerprint density at radius 2 is 1.57 bits per heavy atom. The van der Waals surface area contributed by atoms with Gasteiger partial charge in [-0.1, -0.05) is 20.8 Å². The van der Waals surface area contributed by atoms with Gasteiger partial charge in [0.05, 0.1) is 6.04 Å². The van der Waals surface area contributed by atoms with Crippen LogP contribution in [0, 0.1) is 5.41 Å². The van der Waals surface area contributed by atoms with E-state index in [0.29, 0.717) is 0 Å². The molecule has 124 valence electrons. The van der Waals surface area contributed by atoms with Crippen LogP contribution in [0.5, 0.6) is 0 Å². The summed E-state index contributed by atoms with van der Waals surface area (Å²) >= 11 is 0. The predicted octanol–water partition coefficient (Wildman–Crippen LogP) is 3.60. The van der Waals surface area contributed by atoms with Crippen LogP contribution in [-0.2, 0) is 0 Å². The molecular formula is C15H33N5O. The molecule has 0 aromatic rings. The maximum Gasteiger partial charge on any atom is 0.331 e. The van der Waals surface area contributed by atoms with Crippen LogP contribution in [0.4, 0.5) is 4.79 Å². The third-order valence-electron chi connectivity index (χ3n) is 2.44. The van der Waals surface area contributed by atoms with E-state index >= 15 is 0 Å². The summed E-state index contributed by atoms with van der Waals surface area (Å²) < 4.78 is 0. The second-order valence-electron chi connectivity index (χ2n) is 8.19. The van der Waals surface area contributed by atoms with Crippen LogP contribution in [0.2, 0.25) is 0 Å². The molecule has 0 aromatic heterocycles. The molecule has 0 rings (SSSR count). The first-order valence-corrected chi connectivity index (χ1v) is 7.50. The van der Waals surface area contributed by atoms with Crippen molar-refractivity contribution in [3.63, 3.8) is 0 Å². The fourth-order valence-corrected chi connectivity index (χ4v) is 2.19. The summed E-state index contributed by atoms with van der Waals surface area (Å²) in [5.41, 5.74) is 5.01. The number of carbonyl (C=O) groups excluding carboxylic acids is 1. The van der Waals surface area contributed by atoms with E-state index in [2.05, 4.69) is 61.0 Å². The number of amides is 2. The first kappa shape index (κ1) is 19.8. The Morgan fingerprint density at radius 1 is 1.05 bits per heavy atom. The fraction of sp³-hybridized carbons (Fsp3) is 0.933. The Labute approximate surface area is 129 Å². The van der Waals surface area contributed by atoms with E-state index in [-0.39, 0.29) is 23.0 Å². The molecule has 0 aliphatic carbocycles. The molecule has 0 spiro atoms. The van der Waals surface area contributed by atoms with E-state index in [1.54, 1.807) is 13.8 Å². The number of hydrogen-bond donors (Lipinski definition) is 3. The van der Waals surface area contributed by atoms with Crippen LogP contribution in [-0.4, -0.2) is 23.3 Å². The number of azo groups is 1. The van der Waals surface area contributed by atoms with Gasteiger partial charge in [0.25, 0.3) is 0 Å². The molecule has 0 radical (unpaired) electrons. The van der Waals surface area contributed by atoms with E-state index in [1.807, 2.05) is 13.8 Å². The summed E-state index contributed by atoms with van der Waals surface area (Å²) in [7, 11) is 0. The fourth-order valence-electron chi connectivity index (χ4n) is 2.19. The van der Waals surface area contributed by atoms with E-state index in [9.17, 15) is 4.79 Å². The number of hydrazine groups is 1. The van der Waals surface area contributed by atoms with Gasteiger partial charge in [-0.05, 0) is 53.4 Å². The average molecular weight is 299 g/mol. The lowest BCUT2D eigenvalue weighted by Gasteiger charge is -2.33. The molecule has 0 saturated heterocycles. The molecule has 0 aliphatic heterocycles. The van der Waals surface area contributed by atoms with Crippen molar-refractivity contribution in [3.8, 4) is 0 Å². The van der Waals surface area contributed by atoms with Crippen LogP contribution in [0.25, 0.3) is 0 Å². The monoisotopic (exact) mass is 299 g/mol. The van der Waals surface area contributed by atoms with E-state index in [1.165, 1.54) is 0 Å². The van der Waals surface area contributed by atoms with Crippen LogP contribution >= 0.6 is 0 Å². The zero-order chi connectivity index (χ0) is 16.9. The molecule has 0 fully saturated rings. The van der Waals surface area contributed by atoms with Gasteiger partial charge < -0.3 is 5.32 Å².